The van der Waals surface area contributed by atoms with Crippen molar-refractivity contribution in [2.45, 2.75) is 26.4 Å². The van der Waals surface area contributed by atoms with Crippen molar-refractivity contribution < 1.29 is 4.74 Å². The smallest absolute Gasteiger partial charge is 0.119 e. The van der Waals surface area contributed by atoms with E-state index in [1.165, 1.54) is 16.8 Å². The van der Waals surface area contributed by atoms with Crippen LogP contribution in [0.15, 0.2) is 30.5 Å². The topological polar surface area (TPSA) is 39.1 Å². The molecule has 2 aromatic rings. The second-order valence-electron chi connectivity index (χ2n) is 4.76. The first-order valence-corrected chi connectivity index (χ1v) is 6.46. The molecule has 0 aliphatic carbocycles. The van der Waals surface area contributed by atoms with Gasteiger partial charge in [-0.1, -0.05) is 12.1 Å². The van der Waals surface area contributed by atoms with Gasteiger partial charge in [0.2, 0.25) is 0 Å². The van der Waals surface area contributed by atoms with E-state index in [1.807, 2.05) is 30.1 Å². The molecule has 0 saturated carbocycles. The van der Waals surface area contributed by atoms with Gasteiger partial charge in [0.1, 0.15) is 5.75 Å². The van der Waals surface area contributed by atoms with Crippen molar-refractivity contribution in [3.8, 4) is 5.75 Å². The average Bonchev–Trinajstić information content (AvgIpc) is 2.77. The predicted molar refractivity (Wildman–Crippen MR) is 76.2 cm³/mol. The maximum absolute atomic E-state index is 5.23. The largest absolute Gasteiger partial charge is 0.497 e. The molecule has 1 aromatic heterocycles. The van der Waals surface area contributed by atoms with Crippen LogP contribution in [0.2, 0.25) is 0 Å². The molecule has 1 unspecified atom stereocenters. The molecular formula is C15H21N3O. The van der Waals surface area contributed by atoms with Crippen molar-refractivity contribution in [2.24, 2.45) is 7.05 Å². The van der Waals surface area contributed by atoms with Gasteiger partial charge in [0, 0.05) is 30.9 Å². The molecule has 102 valence electrons. The van der Waals surface area contributed by atoms with Crippen LogP contribution in [0.1, 0.15) is 29.8 Å². The van der Waals surface area contributed by atoms with E-state index >= 15 is 0 Å². The maximum atomic E-state index is 5.23. The molecule has 1 N–H and O–H groups in total. The number of rotatable bonds is 5. The van der Waals surface area contributed by atoms with E-state index in [0.29, 0.717) is 0 Å². The molecule has 0 amide bonds. The Morgan fingerprint density at radius 3 is 2.84 bits per heavy atom. The first kappa shape index (κ1) is 13.6. The predicted octanol–water partition coefficient (Wildman–Crippen LogP) is 2.59. The van der Waals surface area contributed by atoms with Crippen LogP contribution in [0.4, 0.5) is 0 Å². The standard InChI is InChI=1S/C15H21N3O/c1-11(15-10-17-18(3)12(15)2)16-9-13-6-5-7-14(8-13)19-4/h5-8,10-11,16H,9H2,1-4H3. The van der Waals surface area contributed by atoms with Crippen molar-refractivity contribution in [3.63, 3.8) is 0 Å². The molecule has 2 rings (SSSR count). The molecule has 0 radical (unpaired) electrons. The van der Waals surface area contributed by atoms with E-state index in [9.17, 15) is 0 Å². The van der Waals surface area contributed by atoms with Crippen molar-refractivity contribution in [3.05, 3.63) is 47.3 Å². The molecular weight excluding hydrogens is 238 g/mol. The zero-order chi connectivity index (χ0) is 13.8. The van der Waals surface area contributed by atoms with Gasteiger partial charge in [0.15, 0.2) is 0 Å². The fourth-order valence-electron chi connectivity index (χ4n) is 2.10. The van der Waals surface area contributed by atoms with Gasteiger partial charge < -0.3 is 10.1 Å². The van der Waals surface area contributed by atoms with Crippen molar-refractivity contribution in [1.82, 2.24) is 15.1 Å². The number of hydrogen-bond acceptors (Lipinski definition) is 3. The number of nitrogens with one attached hydrogen (secondary N) is 1. The molecule has 4 heteroatoms. The quantitative estimate of drug-likeness (QED) is 0.897. The molecule has 0 aliphatic heterocycles. The normalized spacial score (nSPS) is 12.4. The molecule has 1 aromatic carbocycles. The first-order valence-electron chi connectivity index (χ1n) is 6.46. The van der Waals surface area contributed by atoms with Gasteiger partial charge in [-0.15, -0.1) is 0 Å². The minimum Gasteiger partial charge on any atom is -0.497 e. The van der Waals surface area contributed by atoms with E-state index in [2.05, 4.69) is 36.4 Å². The Morgan fingerprint density at radius 2 is 2.21 bits per heavy atom. The Hall–Kier alpha value is -1.81. The molecule has 0 fully saturated rings. The van der Waals surface area contributed by atoms with Gasteiger partial charge in [-0.2, -0.15) is 5.10 Å². The fraction of sp³-hybridized carbons (Fsp3) is 0.400. The van der Waals surface area contributed by atoms with Gasteiger partial charge in [0.05, 0.1) is 13.3 Å². The van der Waals surface area contributed by atoms with Crippen LogP contribution in [-0.2, 0) is 13.6 Å². The summed E-state index contributed by atoms with van der Waals surface area (Å²) >= 11 is 0. The summed E-state index contributed by atoms with van der Waals surface area (Å²) in [5.74, 6) is 0.893. The zero-order valence-corrected chi connectivity index (χ0v) is 12.0. The van der Waals surface area contributed by atoms with Crippen molar-refractivity contribution >= 4 is 0 Å². The second-order valence-corrected chi connectivity index (χ2v) is 4.76. The lowest BCUT2D eigenvalue weighted by molar-refractivity contribution is 0.414. The molecule has 4 nitrogen and oxygen atoms in total. The van der Waals surface area contributed by atoms with E-state index in [0.717, 1.165) is 12.3 Å². The highest BCUT2D eigenvalue weighted by Crippen LogP contribution is 2.17. The SMILES string of the molecule is COc1cccc(CNC(C)c2cnn(C)c2C)c1. The minimum atomic E-state index is 0.278. The van der Waals surface area contributed by atoms with Crippen LogP contribution in [0.5, 0.6) is 5.75 Å². The zero-order valence-electron chi connectivity index (χ0n) is 12.0. The molecule has 0 spiro atoms. The molecule has 0 bridgehead atoms. The van der Waals surface area contributed by atoms with Gasteiger partial charge in [0.25, 0.3) is 0 Å². The van der Waals surface area contributed by atoms with Gasteiger partial charge in [-0.05, 0) is 31.5 Å². The summed E-state index contributed by atoms with van der Waals surface area (Å²) in [4.78, 5) is 0. The highest BCUT2D eigenvalue weighted by Gasteiger charge is 2.11. The van der Waals surface area contributed by atoms with Gasteiger partial charge >= 0.3 is 0 Å². The van der Waals surface area contributed by atoms with Crippen LogP contribution >= 0.6 is 0 Å². The number of nitrogens with zero attached hydrogens (tertiary/aromatic N) is 2. The van der Waals surface area contributed by atoms with Crippen molar-refractivity contribution in [2.75, 3.05) is 7.11 Å². The Morgan fingerprint density at radius 1 is 1.42 bits per heavy atom. The van der Waals surface area contributed by atoms with Gasteiger partial charge in [-0.25, -0.2) is 0 Å². The number of ether oxygens (including phenoxy) is 1. The summed E-state index contributed by atoms with van der Waals surface area (Å²) in [5.41, 5.74) is 3.66. The fourth-order valence-corrected chi connectivity index (χ4v) is 2.10. The number of benzene rings is 1. The summed E-state index contributed by atoms with van der Waals surface area (Å²) in [5, 5.41) is 7.79. The maximum Gasteiger partial charge on any atom is 0.119 e. The van der Waals surface area contributed by atoms with E-state index < -0.39 is 0 Å². The molecule has 1 atom stereocenters. The van der Waals surface area contributed by atoms with Crippen LogP contribution in [0, 0.1) is 6.92 Å². The lowest BCUT2D eigenvalue weighted by Crippen LogP contribution is -2.18. The van der Waals surface area contributed by atoms with E-state index in [4.69, 9.17) is 4.74 Å². The van der Waals surface area contributed by atoms with Gasteiger partial charge in [-0.3, -0.25) is 4.68 Å². The highest BCUT2D eigenvalue weighted by molar-refractivity contribution is 5.28. The lowest BCUT2D eigenvalue weighted by Gasteiger charge is -2.14. The number of aromatic nitrogens is 2. The van der Waals surface area contributed by atoms with E-state index in [-0.39, 0.29) is 6.04 Å². The summed E-state index contributed by atoms with van der Waals surface area (Å²) in [6.45, 7) is 5.06. The Bertz CT molecular complexity index is 548. The highest BCUT2D eigenvalue weighted by atomic mass is 16.5. The summed E-state index contributed by atoms with van der Waals surface area (Å²) < 4.78 is 7.13. The monoisotopic (exact) mass is 259 g/mol. The molecule has 1 heterocycles. The summed E-state index contributed by atoms with van der Waals surface area (Å²) in [6.07, 6.45) is 1.93. The third-order valence-corrected chi connectivity index (χ3v) is 3.49. The first-order chi connectivity index (χ1) is 9.11. The minimum absolute atomic E-state index is 0.278. The van der Waals surface area contributed by atoms with Crippen molar-refractivity contribution in [1.29, 1.82) is 0 Å². The Kier molecular flexibility index (Phi) is 4.22. The second kappa shape index (κ2) is 5.89. The van der Waals surface area contributed by atoms with Crippen LogP contribution < -0.4 is 10.1 Å². The van der Waals surface area contributed by atoms with Crippen LogP contribution in [-0.4, -0.2) is 16.9 Å². The lowest BCUT2D eigenvalue weighted by atomic mass is 10.1. The Balaban J connectivity index is 2.00. The molecule has 0 aliphatic rings. The molecule has 0 saturated heterocycles. The Labute approximate surface area is 114 Å². The van der Waals surface area contributed by atoms with Crippen LogP contribution in [0.25, 0.3) is 0 Å². The third-order valence-electron chi connectivity index (χ3n) is 3.49. The number of methoxy groups -OCH3 is 1. The third kappa shape index (κ3) is 3.15. The number of aryl methyl sites for hydroxylation is 1. The van der Waals surface area contributed by atoms with E-state index in [1.54, 1.807) is 7.11 Å². The average molecular weight is 259 g/mol. The van der Waals surface area contributed by atoms with Crippen LogP contribution in [0.3, 0.4) is 0 Å². The summed E-state index contributed by atoms with van der Waals surface area (Å²) in [7, 11) is 3.65. The summed E-state index contributed by atoms with van der Waals surface area (Å²) in [6, 6.07) is 8.39. The number of hydrogen-bond donors (Lipinski definition) is 1. The molecule has 19 heavy (non-hydrogen) atoms.